The van der Waals surface area contributed by atoms with Crippen molar-refractivity contribution < 1.29 is 0 Å². The van der Waals surface area contributed by atoms with Crippen LogP contribution in [0, 0.1) is 0 Å². The van der Waals surface area contributed by atoms with Crippen molar-refractivity contribution in [1.82, 2.24) is 9.97 Å². The van der Waals surface area contributed by atoms with Gasteiger partial charge in [0.05, 0.1) is 10.9 Å². The summed E-state index contributed by atoms with van der Waals surface area (Å²) in [6.45, 7) is 2.10. The second-order valence-corrected chi connectivity index (χ2v) is 5.49. The maximum Gasteiger partial charge on any atom is 0.260 e. The van der Waals surface area contributed by atoms with Crippen molar-refractivity contribution in [2.24, 2.45) is 0 Å². The molecule has 0 amide bonds. The van der Waals surface area contributed by atoms with Gasteiger partial charge in [0.15, 0.2) is 0 Å². The number of benzene rings is 1. The Bertz CT molecular complexity index is 640. The van der Waals surface area contributed by atoms with Gasteiger partial charge in [-0.25, -0.2) is 4.98 Å². The van der Waals surface area contributed by atoms with Gasteiger partial charge < -0.3 is 10.6 Å². The predicted octanol–water partition coefficient (Wildman–Crippen LogP) is 1.69. The van der Waals surface area contributed by atoms with E-state index in [2.05, 4.69) is 23.1 Å². The number of aromatic amines is 1. The van der Waals surface area contributed by atoms with Crippen molar-refractivity contribution in [1.29, 1.82) is 0 Å². The summed E-state index contributed by atoms with van der Waals surface area (Å²) in [7, 11) is 1.93. The molecule has 5 nitrogen and oxygen atoms in total. The summed E-state index contributed by atoms with van der Waals surface area (Å²) >= 11 is 1.76. The van der Waals surface area contributed by atoms with Crippen molar-refractivity contribution >= 4 is 34.3 Å². The second-order valence-electron chi connectivity index (χ2n) is 4.58. The highest BCUT2D eigenvalue weighted by atomic mass is 32.2. The topological polar surface area (TPSA) is 75.0 Å². The Hall–Kier alpha value is -1.69. The molecule has 3 N–H and O–H groups in total. The number of hydrogen-bond acceptors (Lipinski definition) is 5. The van der Waals surface area contributed by atoms with E-state index in [1.165, 1.54) is 0 Å². The molecule has 102 valence electrons. The number of fused-ring (bicyclic) bond motifs is 1. The lowest BCUT2D eigenvalue weighted by Crippen LogP contribution is -2.33. The summed E-state index contributed by atoms with van der Waals surface area (Å²) in [5.74, 6) is 1.56. The molecule has 19 heavy (non-hydrogen) atoms. The normalized spacial score (nSPS) is 12.6. The van der Waals surface area contributed by atoms with E-state index >= 15 is 0 Å². The van der Waals surface area contributed by atoms with Crippen LogP contribution < -0.4 is 16.2 Å². The van der Waals surface area contributed by atoms with Gasteiger partial charge in [-0.1, -0.05) is 0 Å². The zero-order valence-electron chi connectivity index (χ0n) is 11.3. The Kier molecular flexibility index (Phi) is 3.99. The molecule has 0 spiro atoms. The first-order chi connectivity index (χ1) is 9.02. The highest BCUT2D eigenvalue weighted by Gasteiger charge is 2.13. The van der Waals surface area contributed by atoms with Crippen LogP contribution in [0.4, 0.5) is 11.6 Å². The van der Waals surface area contributed by atoms with Crippen molar-refractivity contribution in [3.05, 3.63) is 28.6 Å². The Labute approximate surface area is 116 Å². The first-order valence-corrected chi connectivity index (χ1v) is 7.43. The van der Waals surface area contributed by atoms with Gasteiger partial charge in [-0.2, -0.15) is 11.8 Å². The van der Waals surface area contributed by atoms with E-state index in [0.717, 1.165) is 5.75 Å². The van der Waals surface area contributed by atoms with Gasteiger partial charge in [-0.05, 0) is 31.4 Å². The summed E-state index contributed by atoms with van der Waals surface area (Å²) < 4.78 is 0. The van der Waals surface area contributed by atoms with Crippen LogP contribution >= 0.6 is 11.8 Å². The number of anilines is 2. The molecule has 0 fully saturated rings. The van der Waals surface area contributed by atoms with Crippen LogP contribution in [0.2, 0.25) is 0 Å². The van der Waals surface area contributed by atoms with E-state index in [9.17, 15) is 4.79 Å². The molecule has 1 atom stereocenters. The lowest BCUT2D eigenvalue weighted by atomic mass is 10.2. The second kappa shape index (κ2) is 5.52. The standard InChI is InChI=1S/C13H18N4OS/c1-8(7-19-3)17(2)13-15-11-5-4-9(14)6-10(11)12(18)16-13/h4-6,8H,7,14H2,1-3H3,(H,15,16,18). The fraction of sp³-hybridized carbons (Fsp3) is 0.385. The first-order valence-electron chi connectivity index (χ1n) is 6.04. The molecule has 0 saturated carbocycles. The maximum atomic E-state index is 12.1. The van der Waals surface area contributed by atoms with Gasteiger partial charge in [0, 0.05) is 24.5 Å². The lowest BCUT2D eigenvalue weighted by molar-refractivity contribution is 0.739. The molecule has 6 heteroatoms. The molecule has 1 aromatic heterocycles. The average molecular weight is 278 g/mol. The van der Waals surface area contributed by atoms with Gasteiger partial charge in [0.1, 0.15) is 0 Å². The van der Waals surface area contributed by atoms with Crippen LogP contribution in [-0.2, 0) is 0 Å². The third-order valence-electron chi connectivity index (χ3n) is 3.12. The van der Waals surface area contributed by atoms with Gasteiger partial charge >= 0.3 is 0 Å². The number of thioether (sulfide) groups is 1. The van der Waals surface area contributed by atoms with Crippen LogP contribution in [0.1, 0.15) is 6.92 Å². The zero-order valence-corrected chi connectivity index (χ0v) is 12.1. The van der Waals surface area contributed by atoms with E-state index in [1.54, 1.807) is 30.0 Å². The van der Waals surface area contributed by atoms with Gasteiger partial charge in [-0.15, -0.1) is 0 Å². The summed E-state index contributed by atoms with van der Waals surface area (Å²) in [5, 5.41) is 0.523. The number of rotatable bonds is 4. The van der Waals surface area contributed by atoms with Crippen LogP contribution in [0.3, 0.4) is 0 Å². The molecule has 1 heterocycles. The van der Waals surface area contributed by atoms with Crippen LogP contribution in [0.5, 0.6) is 0 Å². The fourth-order valence-corrected chi connectivity index (χ4v) is 2.58. The van der Waals surface area contributed by atoms with E-state index in [4.69, 9.17) is 5.73 Å². The largest absolute Gasteiger partial charge is 0.399 e. The minimum atomic E-state index is -0.157. The highest BCUT2D eigenvalue weighted by molar-refractivity contribution is 7.98. The fourth-order valence-electron chi connectivity index (χ4n) is 1.87. The Morgan fingerprint density at radius 1 is 1.53 bits per heavy atom. The van der Waals surface area contributed by atoms with Crippen LogP contribution in [-0.4, -0.2) is 35.1 Å². The third kappa shape index (κ3) is 2.84. The number of nitrogens with one attached hydrogen (secondary N) is 1. The van der Waals surface area contributed by atoms with Gasteiger partial charge in [0.25, 0.3) is 5.56 Å². The lowest BCUT2D eigenvalue weighted by Gasteiger charge is -2.24. The average Bonchev–Trinajstić information content (AvgIpc) is 2.38. The summed E-state index contributed by atoms with van der Waals surface area (Å²) in [5.41, 5.74) is 6.76. The van der Waals surface area contributed by atoms with E-state index in [0.29, 0.717) is 28.6 Å². The number of hydrogen-bond donors (Lipinski definition) is 2. The first kappa shape index (κ1) is 13.7. The molecule has 2 aromatic rings. The number of nitrogens with zero attached hydrogens (tertiary/aromatic N) is 2. The Morgan fingerprint density at radius 2 is 2.26 bits per heavy atom. The molecule has 0 saturated heterocycles. The molecular weight excluding hydrogens is 260 g/mol. The van der Waals surface area contributed by atoms with Gasteiger partial charge in [0.2, 0.25) is 5.95 Å². The van der Waals surface area contributed by atoms with Gasteiger partial charge in [-0.3, -0.25) is 9.78 Å². The third-order valence-corrected chi connectivity index (χ3v) is 3.94. The predicted molar refractivity (Wildman–Crippen MR) is 83.0 cm³/mol. The van der Waals surface area contributed by atoms with E-state index < -0.39 is 0 Å². The molecule has 0 aliphatic rings. The van der Waals surface area contributed by atoms with Crippen molar-refractivity contribution in [3.8, 4) is 0 Å². The maximum absolute atomic E-state index is 12.1. The van der Waals surface area contributed by atoms with Crippen molar-refractivity contribution in [2.75, 3.05) is 29.7 Å². The molecule has 1 unspecified atom stereocenters. The van der Waals surface area contributed by atoms with Crippen molar-refractivity contribution in [3.63, 3.8) is 0 Å². The molecule has 0 aliphatic heterocycles. The van der Waals surface area contributed by atoms with Crippen LogP contribution in [0.15, 0.2) is 23.0 Å². The number of H-pyrrole nitrogens is 1. The van der Waals surface area contributed by atoms with Crippen molar-refractivity contribution in [2.45, 2.75) is 13.0 Å². The van der Waals surface area contributed by atoms with Crippen LogP contribution in [0.25, 0.3) is 10.9 Å². The SMILES string of the molecule is CSCC(C)N(C)c1nc2ccc(N)cc2c(=O)[nH]1. The molecule has 0 bridgehead atoms. The van der Waals surface area contributed by atoms with E-state index in [1.807, 2.05) is 11.9 Å². The molecule has 1 aromatic carbocycles. The monoisotopic (exact) mass is 278 g/mol. The number of nitrogen functional groups attached to an aromatic ring is 1. The Balaban J connectivity index is 2.46. The molecule has 0 radical (unpaired) electrons. The number of nitrogens with two attached hydrogens (primary N) is 1. The van der Waals surface area contributed by atoms with E-state index in [-0.39, 0.29) is 5.56 Å². The summed E-state index contributed by atoms with van der Waals surface area (Å²) in [4.78, 5) is 21.3. The summed E-state index contributed by atoms with van der Waals surface area (Å²) in [6.07, 6.45) is 2.06. The number of aromatic nitrogens is 2. The molecular formula is C13H18N4OS. The Morgan fingerprint density at radius 3 is 2.95 bits per heavy atom. The quantitative estimate of drug-likeness (QED) is 0.833. The zero-order chi connectivity index (χ0) is 14.0. The minimum absolute atomic E-state index is 0.157. The summed E-state index contributed by atoms with van der Waals surface area (Å²) in [6, 6.07) is 5.47. The smallest absolute Gasteiger partial charge is 0.260 e. The molecule has 0 aliphatic carbocycles. The molecule has 2 rings (SSSR count). The highest BCUT2D eigenvalue weighted by Crippen LogP contribution is 2.16. The minimum Gasteiger partial charge on any atom is -0.399 e.